The minimum absolute atomic E-state index is 0.171. The van der Waals surface area contributed by atoms with Crippen molar-refractivity contribution in [1.29, 1.82) is 0 Å². The van der Waals surface area contributed by atoms with E-state index in [-0.39, 0.29) is 18.1 Å². The average Bonchev–Trinajstić information content (AvgIpc) is 2.89. The molecule has 0 spiro atoms. The van der Waals surface area contributed by atoms with Crippen molar-refractivity contribution in [3.8, 4) is 0 Å². The van der Waals surface area contributed by atoms with Crippen LogP contribution in [-0.4, -0.2) is 83.7 Å². The molecule has 12 heteroatoms. The van der Waals surface area contributed by atoms with E-state index in [2.05, 4.69) is 36.2 Å². The Kier molecular flexibility index (Phi) is 10.9. The van der Waals surface area contributed by atoms with Gasteiger partial charge in [0.25, 0.3) is 5.91 Å². The van der Waals surface area contributed by atoms with Crippen LogP contribution in [0.2, 0.25) is 0 Å². The number of aromatic nitrogens is 3. The summed E-state index contributed by atoms with van der Waals surface area (Å²) in [5.74, 6) is 1.30. The van der Waals surface area contributed by atoms with Crippen LogP contribution in [-0.2, 0) is 9.47 Å². The number of rotatable bonds is 15. The molecule has 0 aliphatic heterocycles. The number of hydrogen-bond acceptors (Lipinski definition) is 11. The summed E-state index contributed by atoms with van der Waals surface area (Å²) >= 11 is 0. The van der Waals surface area contributed by atoms with Gasteiger partial charge >= 0.3 is 0 Å². The Morgan fingerprint density at radius 3 is 2.05 bits per heavy atom. The van der Waals surface area contributed by atoms with Gasteiger partial charge in [-0.25, -0.2) is 0 Å². The standard InChI is InChI=1S/C26H40N8O4/c27-12-14-37-16-17-38-15-13-28-23(36)18-4-6-20(7-5-18)30-25-32-24(29-19-2-1-3-19)33-26(34-25)31-21-8-10-22(35)11-9-21/h4-7,19,21-22,35H,1-3,8-17,27H2,(H,28,36)(H3,29,30,31,32,33,34). The molecule has 0 unspecified atom stereocenters. The van der Waals surface area contributed by atoms with E-state index in [1.807, 2.05) is 12.1 Å². The molecule has 38 heavy (non-hydrogen) atoms. The molecule has 0 radical (unpaired) electrons. The number of amides is 1. The van der Waals surface area contributed by atoms with Gasteiger partial charge in [0.05, 0.1) is 32.5 Å². The van der Waals surface area contributed by atoms with E-state index < -0.39 is 0 Å². The SMILES string of the molecule is NCCOCCOCCNC(=O)c1ccc(Nc2nc(NC3CCC3)nc(NC3CCC(O)CC3)n2)cc1. The second-order valence-corrected chi connectivity index (χ2v) is 9.70. The molecule has 0 bridgehead atoms. The summed E-state index contributed by atoms with van der Waals surface area (Å²) in [7, 11) is 0. The quantitative estimate of drug-likeness (QED) is 0.187. The Bertz CT molecular complexity index is 997. The highest BCUT2D eigenvalue weighted by atomic mass is 16.5. The number of carbonyl (C=O) groups is 1. The van der Waals surface area contributed by atoms with Crippen molar-refractivity contribution in [2.24, 2.45) is 5.73 Å². The number of aliphatic hydroxyl groups is 1. The molecule has 2 aliphatic carbocycles. The molecular weight excluding hydrogens is 488 g/mol. The van der Waals surface area contributed by atoms with Crippen LogP contribution < -0.4 is 27.0 Å². The monoisotopic (exact) mass is 528 g/mol. The van der Waals surface area contributed by atoms with Gasteiger partial charge < -0.3 is 41.6 Å². The van der Waals surface area contributed by atoms with E-state index in [0.717, 1.165) is 44.2 Å². The highest BCUT2D eigenvalue weighted by Gasteiger charge is 2.22. The maximum atomic E-state index is 12.4. The number of aliphatic hydroxyl groups excluding tert-OH is 1. The molecular formula is C26H40N8O4. The van der Waals surface area contributed by atoms with Crippen LogP contribution in [0.15, 0.2) is 24.3 Å². The third kappa shape index (κ3) is 9.05. The van der Waals surface area contributed by atoms with Crippen LogP contribution in [0.25, 0.3) is 0 Å². The van der Waals surface area contributed by atoms with Gasteiger partial charge in [-0.3, -0.25) is 4.79 Å². The molecule has 4 rings (SSSR count). The molecule has 7 N–H and O–H groups in total. The van der Waals surface area contributed by atoms with E-state index >= 15 is 0 Å². The normalized spacial score (nSPS) is 19.4. The fourth-order valence-electron chi connectivity index (χ4n) is 4.28. The first-order valence-corrected chi connectivity index (χ1v) is 13.6. The molecule has 2 aromatic rings. The predicted octanol–water partition coefficient (Wildman–Crippen LogP) is 2.02. The van der Waals surface area contributed by atoms with Crippen molar-refractivity contribution in [1.82, 2.24) is 20.3 Å². The summed E-state index contributed by atoms with van der Waals surface area (Å²) in [6.45, 7) is 2.77. The number of ether oxygens (including phenoxy) is 2. The van der Waals surface area contributed by atoms with Crippen molar-refractivity contribution >= 4 is 29.4 Å². The first kappa shape index (κ1) is 28.0. The lowest BCUT2D eigenvalue weighted by molar-refractivity contribution is 0.0511. The third-order valence-electron chi connectivity index (χ3n) is 6.67. The number of benzene rings is 1. The van der Waals surface area contributed by atoms with Gasteiger partial charge in [-0.05, 0) is 69.2 Å². The van der Waals surface area contributed by atoms with Crippen LogP contribution in [0, 0.1) is 0 Å². The maximum absolute atomic E-state index is 12.4. The molecule has 2 fully saturated rings. The fourth-order valence-corrected chi connectivity index (χ4v) is 4.28. The number of nitrogens with zero attached hydrogens (tertiary/aromatic N) is 3. The third-order valence-corrected chi connectivity index (χ3v) is 6.67. The Balaban J connectivity index is 1.29. The van der Waals surface area contributed by atoms with Gasteiger partial charge in [0.2, 0.25) is 17.8 Å². The zero-order valence-corrected chi connectivity index (χ0v) is 21.8. The van der Waals surface area contributed by atoms with Crippen LogP contribution >= 0.6 is 0 Å². The van der Waals surface area contributed by atoms with E-state index in [1.165, 1.54) is 6.42 Å². The molecule has 12 nitrogen and oxygen atoms in total. The fraction of sp³-hybridized carbons (Fsp3) is 0.615. The smallest absolute Gasteiger partial charge is 0.251 e. The minimum Gasteiger partial charge on any atom is -0.393 e. The van der Waals surface area contributed by atoms with Crippen molar-refractivity contribution in [3.05, 3.63) is 29.8 Å². The predicted molar refractivity (Wildman–Crippen MR) is 146 cm³/mol. The van der Waals surface area contributed by atoms with E-state index in [1.54, 1.807) is 12.1 Å². The Hall–Kier alpha value is -3.06. The molecule has 0 atom stereocenters. The molecule has 1 aromatic heterocycles. The van der Waals surface area contributed by atoms with Crippen LogP contribution in [0.1, 0.15) is 55.3 Å². The Labute approximate surface area is 223 Å². The summed E-state index contributed by atoms with van der Waals surface area (Å²) < 4.78 is 10.7. The van der Waals surface area contributed by atoms with E-state index in [0.29, 0.717) is 69.0 Å². The number of nitrogens with two attached hydrogens (primary N) is 1. The van der Waals surface area contributed by atoms with Crippen molar-refractivity contribution in [2.75, 3.05) is 55.5 Å². The van der Waals surface area contributed by atoms with Crippen molar-refractivity contribution in [3.63, 3.8) is 0 Å². The highest BCUT2D eigenvalue weighted by Crippen LogP contribution is 2.25. The first-order valence-electron chi connectivity index (χ1n) is 13.6. The highest BCUT2D eigenvalue weighted by molar-refractivity contribution is 5.94. The molecule has 208 valence electrons. The van der Waals surface area contributed by atoms with E-state index in [4.69, 9.17) is 15.2 Å². The van der Waals surface area contributed by atoms with Gasteiger partial charge in [-0.2, -0.15) is 15.0 Å². The molecule has 2 saturated carbocycles. The van der Waals surface area contributed by atoms with Gasteiger partial charge in [0.15, 0.2) is 0 Å². The zero-order valence-electron chi connectivity index (χ0n) is 21.8. The zero-order chi connectivity index (χ0) is 26.6. The maximum Gasteiger partial charge on any atom is 0.251 e. The second-order valence-electron chi connectivity index (χ2n) is 9.70. The largest absolute Gasteiger partial charge is 0.393 e. The number of hydrogen-bond donors (Lipinski definition) is 6. The van der Waals surface area contributed by atoms with Crippen LogP contribution in [0.4, 0.5) is 23.5 Å². The van der Waals surface area contributed by atoms with Gasteiger partial charge in [-0.1, -0.05) is 0 Å². The summed E-state index contributed by atoms with van der Waals surface area (Å²) in [4.78, 5) is 26.2. The lowest BCUT2D eigenvalue weighted by Crippen LogP contribution is -2.30. The molecule has 2 aliphatic rings. The molecule has 1 amide bonds. The van der Waals surface area contributed by atoms with Crippen LogP contribution in [0.5, 0.6) is 0 Å². The van der Waals surface area contributed by atoms with Gasteiger partial charge in [0, 0.05) is 36.4 Å². The van der Waals surface area contributed by atoms with Gasteiger partial charge in [-0.15, -0.1) is 0 Å². The molecule has 1 aromatic carbocycles. The topological polar surface area (TPSA) is 169 Å². The first-order chi connectivity index (χ1) is 18.6. The van der Waals surface area contributed by atoms with Crippen molar-refractivity contribution < 1.29 is 19.4 Å². The second kappa shape index (κ2) is 14.8. The number of carbonyl (C=O) groups excluding carboxylic acids is 1. The number of nitrogens with one attached hydrogen (secondary N) is 4. The Morgan fingerprint density at radius 1 is 0.842 bits per heavy atom. The number of anilines is 4. The molecule has 1 heterocycles. The van der Waals surface area contributed by atoms with Crippen molar-refractivity contribution in [2.45, 2.75) is 63.1 Å². The summed E-state index contributed by atoms with van der Waals surface area (Å²) in [6, 6.07) is 7.74. The lowest BCUT2D eigenvalue weighted by Gasteiger charge is -2.28. The summed E-state index contributed by atoms with van der Waals surface area (Å²) in [5.41, 5.74) is 6.67. The Morgan fingerprint density at radius 2 is 1.45 bits per heavy atom. The van der Waals surface area contributed by atoms with Gasteiger partial charge in [0.1, 0.15) is 0 Å². The van der Waals surface area contributed by atoms with E-state index in [9.17, 15) is 9.90 Å². The van der Waals surface area contributed by atoms with Crippen LogP contribution in [0.3, 0.4) is 0 Å². The average molecular weight is 529 g/mol. The molecule has 0 saturated heterocycles. The summed E-state index contributed by atoms with van der Waals surface area (Å²) in [6.07, 6.45) is 6.51. The summed E-state index contributed by atoms with van der Waals surface area (Å²) in [5, 5.41) is 22.7. The lowest BCUT2D eigenvalue weighted by atomic mass is 9.93. The minimum atomic E-state index is -0.218.